The highest BCUT2D eigenvalue weighted by molar-refractivity contribution is 6.06. The van der Waals surface area contributed by atoms with Crippen molar-refractivity contribution in [2.45, 2.75) is 19.3 Å². The number of Topliss-reactive ketones (excluding diaryl/α,β-unsaturated/α-hetero) is 1. The maximum absolute atomic E-state index is 13.0. The van der Waals surface area contributed by atoms with Gasteiger partial charge in [-0.15, -0.1) is 0 Å². The van der Waals surface area contributed by atoms with Crippen LogP contribution in [0.25, 0.3) is 0 Å². The molecule has 1 aliphatic rings. The molecule has 0 atom stereocenters. The highest BCUT2D eigenvalue weighted by Gasteiger charge is 2.47. The number of rotatable bonds is 0. The van der Waals surface area contributed by atoms with Crippen LogP contribution in [0.3, 0.4) is 0 Å². The van der Waals surface area contributed by atoms with E-state index in [0.29, 0.717) is 11.1 Å². The number of halogens is 2. The first kappa shape index (κ1) is 8.35. The molecule has 0 heterocycles. The Morgan fingerprint density at radius 3 is 2.69 bits per heavy atom. The van der Waals surface area contributed by atoms with Crippen molar-refractivity contribution in [3.63, 3.8) is 0 Å². The van der Waals surface area contributed by atoms with Gasteiger partial charge in [0.05, 0.1) is 0 Å². The summed E-state index contributed by atoms with van der Waals surface area (Å²) in [6.07, 6.45) is -0.442. The van der Waals surface area contributed by atoms with Crippen molar-refractivity contribution in [1.82, 2.24) is 0 Å². The smallest absolute Gasteiger partial charge is 0.287 e. The van der Waals surface area contributed by atoms with Gasteiger partial charge in [0, 0.05) is 12.0 Å². The molecule has 0 amide bonds. The Morgan fingerprint density at radius 1 is 1.38 bits per heavy atom. The third-order valence-electron chi connectivity index (χ3n) is 2.33. The Bertz CT molecular complexity index is 383. The second-order valence-electron chi connectivity index (χ2n) is 3.32. The molecule has 1 aromatic carbocycles. The molecule has 3 heteroatoms. The summed E-state index contributed by atoms with van der Waals surface area (Å²) in [6, 6.07) is 4.96. The third-order valence-corrected chi connectivity index (χ3v) is 2.33. The van der Waals surface area contributed by atoms with Gasteiger partial charge in [-0.25, -0.2) is 0 Å². The number of alkyl halides is 2. The minimum absolute atomic E-state index is 0.215. The molecule has 1 aromatic rings. The number of aryl methyl sites for hydroxylation is 1. The molecule has 2 rings (SSSR count). The third kappa shape index (κ3) is 1.07. The van der Waals surface area contributed by atoms with Gasteiger partial charge in [-0.05, 0) is 18.1 Å². The SMILES string of the molecule is Cc1cccc2c1C(=O)C(F)(F)C2. The van der Waals surface area contributed by atoms with Crippen molar-refractivity contribution in [3.05, 3.63) is 34.9 Å². The van der Waals surface area contributed by atoms with Gasteiger partial charge in [-0.3, -0.25) is 4.79 Å². The molecule has 0 saturated carbocycles. The number of carbonyl (C=O) groups is 1. The zero-order valence-electron chi connectivity index (χ0n) is 7.10. The number of carbonyl (C=O) groups excluding carboxylic acids is 1. The van der Waals surface area contributed by atoms with Crippen LogP contribution in [0.1, 0.15) is 21.5 Å². The van der Waals surface area contributed by atoms with Crippen LogP contribution in [0, 0.1) is 6.92 Å². The predicted octanol–water partition coefficient (Wildman–Crippen LogP) is 2.37. The van der Waals surface area contributed by atoms with Gasteiger partial charge in [0.15, 0.2) is 0 Å². The molecule has 0 fully saturated rings. The first-order valence-electron chi connectivity index (χ1n) is 4.03. The number of ketones is 1. The molecular weight excluding hydrogens is 174 g/mol. The fraction of sp³-hybridized carbons (Fsp3) is 0.300. The maximum atomic E-state index is 13.0. The van der Waals surface area contributed by atoms with E-state index in [9.17, 15) is 13.6 Å². The van der Waals surface area contributed by atoms with Crippen molar-refractivity contribution >= 4 is 5.78 Å². The largest absolute Gasteiger partial charge is 0.313 e. The minimum atomic E-state index is -3.19. The summed E-state index contributed by atoms with van der Waals surface area (Å²) in [5, 5.41) is 0. The summed E-state index contributed by atoms with van der Waals surface area (Å²) in [7, 11) is 0. The minimum Gasteiger partial charge on any atom is -0.287 e. The topological polar surface area (TPSA) is 17.1 Å². The molecule has 0 radical (unpaired) electrons. The maximum Gasteiger partial charge on any atom is 0.313 e. The van der Waals surface area contributed by atoms with Crippen LogP contribution in [0.2, 0.25) is 0 Å². The van der Waals surface area contributed by atoms with Gasteiger partial charge >= 0.3 is 5.92 Å². The molecule has 0 bridgehead atoms. The molecule has 1 nitrogen and oxygen atoms in total. The first-order valence-corrected chi connectivity index (χ1v) is 4.03. The van der Waals surface area contributed by atoms with Crippen LogP contribution in [0.4, 0.5) is 8.78 Å². The lowest BCUT2D eigenvalue weighted by molar-refractivity contribution is 0.0167. The molecule has 0 aromatic heterocycles. The van der Waals surface area contributed by atoms with Crippen molar-refractivity contribution in [1.29, 1.82) is 0 Å². The van der Waals surface area contributed by atoms with E-state index in [2.05, 4.69) is 0 Å². The molecule has 13 heavy (non-hydrogen) atoms. The van der Waals surface area contributed by atoms with E-state index in [0.717, 1.165) is 0 Å². The zero-order valence-corrected chi connectivity index (χ0v) is 7.10. The van der Waals surface area contributed by atoms with Gasteiger partial charge in [-0.1, -0.05) is 18.2 Å². The Hall–Kier alpha value is -1.25. The van der Waals surface area contributed by atoms with Gasteiger partial charge in [0.25, 0.3) is 0 Å². The van der Waals surface area contributed by atoms with Gasteiger partial charge in [0.2, 0.25) is 5.78 Å². The lowest BCUT2D eigenvalue weighted by Gasteiger charge is -2.03. The Labute approximate surface area is 74.4 Å². The highest BCUT2D eigenvalue weighted by atomic mass is 19.3. The second kappa shape index (κ2) is 2.37. The van der Waals surface area contributed by atoms with E-state index in [1.165, 1.54) is 0 Å². The Morgan fingerprint density at radius 2 is 2.08 bits per heavy atom. The zero-order chi connectivity index (χ0) is 9.64. The molecule has 0 saturated heterocycles. The summed E-state index contributed by atoms with van der Waals surface area (Å²) < 4.78 is 25.9. The van der Waals surface area contributed by atoms with E-state index >= 15 is 0 Å². The Kier molecular flexibility index (Phi) is 1.53. The van der Waals surface area contributed by atoms with Gasteiger partial charge < -0.3 is 0 Å². The van der Waals surface area contributed by atoms with Gasteiger partial charge in [-0.2, -0.15) is 8.78 Å². The van der Waals surface area contributed by atoms with Crippen LogP contribution in [-0.2, 0) is 6.42 Å². The summed E-state index contributed by atoms with van der Waals surface area (Å²) >= 11 is 0. The van der Waals surface area contributed by atoms with Crippen molar-refractivity contribution < 1.29 is 13.6 Å². The fourth-order valence-electron chi connectivity index (χ4n) is 1.70. The van der Waals surface area contributed by atoms with E-state index in [-0.39, 0.29) is 5.56 Å². The standard InChI is InChI=1S/C10H8F2O/c1-6-3-2-4-7-5-10(11,12)9(13)8(6)7/h2-4H,5H2,1H3. The summed E-state index contributed by atoms with van der Waals surface area (Å²) in [4.78, 5) is 11.2. The monoisotopic (exact) mass is 182 g/mol. The summed E-state index contributed by atoms with van der Waals surface area (Å²) in [6.45, 7) is 1.68. The van der Waals surface area contributed by atoms with E-state index in [1.54, 1.807) is 25.1 Å². The molecule has 0 spiro atoms. The second-order valence-corrected chi connectivity index (χ2v) is 3.32. The van der Waals surface area contributed by atoms with E-state index in [1.807, 2.05) is 0 Å². The number of hydrogen-bond acceptors (Lipinski definition) is 1. The van der Waals surface area contributed by atoms with Crippen molar-refractivity contribution in [3.8, 4) is 0 Å². The molecule has 0 N–H and O–H groups in total. The van der Waals surface area contributed by atoms with Crippen LogP contribution in [0.5, 0.6) is 0 Å². The van der Waals surface area contributed by atoms with Gasteiger partial charge in [0.1, 0.15) is 0 Å². The van der Waals surface area contributed by atoms with Crippen LogP contribution < -0.4 is 0 Å². The lowest BCUT2D eigenvalue weighted by Crippen LogP contribution is -2.24. The van der Waals surface area contributed by atoms with E-state index < -0.39 is 18.1 Å². The quantitative estimate of drug-likeness (QED) is 0.602. The number of benzene rings is 1. The molecular formula is C10H8F2O. The Balaban J connectivity index is 2.64. The molecule has 68 valence electrons. The lowest BCUT2D eigenvalue weighted by atomic mass is 10.0. The number of hydrogen-bond donors (Lipinski definition) is 0. The average molecular weight is 182 g/mol. The summed E-state index contributed by atoms with van der Waals surface area (Å²) in [5.74, 6) is -4.21. The molecule has 1 aliphatic carbocycles. The van der Waals surface area contributed by atoms with Crippen LogP contribution in [0.15, 0.2) is 18.2 Å². The number of fused-ring (bicyclic) bond motifs is 1. The normalized spacial score (nSPS) is 18.8. The van der Waals surface area contributed by atoms with Crippen molar-refractivity contribution in [2.24, 2.45) is 0 Å². The average Bonchev–Trinajstić information content (AvgIpc) is 2.24. The van der Waals surface area contributed by atoms with E-state index in [4.69, 9.17) is 0 Å². The highest BCUT2D eigenvalue weighted by Crippen LogP contribution is 2.35. The fourth-order valence-corrected chi connectivity index (χ4v) is 1.70. The first-order chi connectivity index (χ1) is 6.02. The molecule has 0 unspecified atom stereocenters. The van der Waals surface area contributed by atoms with Crippen molar-refractivity contribution in [2.75, 3.05) is 0 Å². The predicted molar refractivity (Wildman–Crippen MR) is 44.2 cm³/mol. The summed E-state index contributed by atoms with van der Waals surface area (Å²) in [5.41, 5.74) is 1.32. The van der Waals surface area contributed by atoms with Crippen LogP contribution >= 0.6 is 0 Å². The molecule has 0 aliphatic heterocycles. The van der Waals surface area contributed by atoms with Crippen LogP contribution in [-0.4, -0.2) is 11.7 Å².